The van der Waals surface area contributed by atoms with Gasteiger partial charge in [-0.1, -0.05) is 36.6 Å². The van der Waals surface area contributed by atoms with E-state index in [1.54, 1.807) is 0 Å². The van der Waals surface area contributed by atoms with Crippen LogP contribution in [-0.2, 0) is 0 Å². The third-order valence-corrected chi connectivity index (χ3v) is 5.20. The first kappa shape index (κ1) is 22.5. The molecule has 10 heavy (non-hydrogen) atoms. The Morgan fingerprint density at radius 2 is 0.900 bits per heavy atom. The van der Waals surface area contributed by atoms with E-state index < -0.39 is 0 Å². The standard InChI is InChI=1S/3C2H5.Al.3ClH/c3*1-2;;;;/h3*1H2,2H3;;3*1H. The van der Waals surface area contributed by atoms with E-state index >= 15 is 0 Å². The first-order chi connectivity index (χ1) is 3.35. The van der Waals surface area contributed by atoms with Crippen molar-refractivity contribution in [3.8, 4) is 0 Å². The summed E-state index contributed by atoms with van der Waals surface area (Å²) in [4.78, 5) is 0. The van der Waals surface area contributed by atoms with Crippen LogP contribution in [0.5, 0.6) is 0 Å². The van der Waals surface area contributed by atoms with Crippen LogP contribution in [0.1, 0.15) is 20.8 Å². The van der Waals surface area contributed by atoms with Gasteiger partial charge in [0.2, 0.25) is 0 Å². The molecule has 0 atom stereocenters. The van der Waals surface area contributed by atoms with E-state index in [-0.39, 0.29) is 51.4 Å². The van der Waals surface area contributed by atoms with Gasteiger partial charge in [-0.15, -0.1) is 37.2 Å². The SMILES string of the molecule is C[CH2][Al]([CH2]C)[CH2]C.Cl.Cl.Cl. The first-order valence-electron chi connectivity index (χ1n) is 3.35. The number of halogens is 3. The zero-order valence-electron chi connectivity index (χ0n) is 6.92. The highest BCUT2D eigenvalue weighted by Crippen LogP contribution is 2.01. The Hall–Kier alpha value is 1.40. The Morgan fingerprint density at radius 1 is 0.700 bits per heavy atom. The molecule has 0 aliphatic carbocycles. The molecule has 0 radical (unpaired) electrons. The van der Waals surface area contributed by atoms with Crippen LogP contribution in [0, 0.1) is 0 Å². The van der Waals surface area contributed by atoms with Gasteiger partial charge in [0.25, 0.3) is 14.1 Å². The highest BCUT2D eigenvalue weighted by molar-refractivity contribution is 6.58. The molecule has 0 fully saturated rings. The summed E-state index contributed by atoms with van der Waals surface area (Å²) in [6, 6.07) is 0. The lowest BCUT2D eigenvalue weighted by molar-refractivity contribution is 1.24. The van der Waals surface area contributed by atoms with Gasteiger partial charge in [0.15, 0.2) is 0 Å². The summed E-state index contributed by atoms with van der Waals surface area (Å²) in [7, 11) is 0. The fourth-order valence-electron chi connectivity index (χ4n) is 0.866. The smallest absolute Gasteiger partial charge is 0.147 e. The largest absolute Gasteiger partial charge is 0.261 e. The number of hydrogen-bond donors (Lipinski definition) is 0. The normalized spacial score (nSPS) is 6.30. The van der Waals surface area contributed by atoms with Crippen LogP contribution in [0.2, 0.25) is 15.8 Å². The summed E-state index contributed by atoms with van der Waals surface area (Å²) >= 11 is -0.171. The molecule has 0 heterocycles. The molecule has 0 aliphatic rings. The van der Waals surface area contributed by atoms with E-state index in [4.69, 9.17) is 0 Å². The second-order valence-corrected chi connectivity index (χ2v) is 6.27. The van der Waals surface area contributed by atoms with Crippen LogP contribution in [0.25, 0.3) is 0 Å². The lowest BCUT2D eigenvalue weighted by Gasteiger charge is -1.97. The third-order valence-electron chi connectivity index (χ3n) is 1.73. The molecule has 0 N–H and O–H groups in total. The van der Waals surface area contributed by atoms with Gasteiger partial charge in [-0.2, -0.15) is 0 Å². The van der Waals surface area contributed by atoms with Crippen LogP contribution >= 0.6 is 37.2 Å². The van der Waals surface area contributed by atoms with Gasteiger partial charge in [0.05, 0.1) is 0 Å². The van der Waals surface area contributed by atoms with Crippen molar-refractivity contribution in [1.29, 1.82) is 0 Å². The second kappa shape index (κ2) is 16.8. The van der Waals surface area contributed by atoms with Crippen molar-refractivity contribution >= 4 is 51.4 Å². The van der Waals surface area contributed by atoms with E-state index in [9.17, 15) is 0 Å². The number of hydrogen-bond acceptors (Lipinski definition) is 0. The van der Waals surface area contributed by atoms with E-state index in [0.29, 0.717) is 0 Å². The molecule has 0 aromatic carbocycles. The first-order valence-corrected chi connectivity index (χ1v) is 5.80. The summed E-state index contributed by atoms with van der Waals surface area (Å²) in [6.07, 6.45) is 0. The Labute approximate surface area is 87.8 Å². The van der Waals surface area contributed by atoms with Crippen LogP contribution < -0.4 is 0 Å². The summed E-state index contributed by atoms with van der Waals surface area (Å²) in [6.45, 7) is 6.97. The molecule has 0 saturated heterocycles. The summed E-state index contributed by atoms with van der Waals surface area (Å²) in [5.41, 5.74) is 0. The molecule has 0 aromatic rings. The molecule has 0 nitrogen and oxygen atoms in total. The molecular formula is C6H18AlCl3. The third kappa shape index (κ3) is 12.1. The van der Waals surface area contributed by atoms with E-state index in [1.807, 2.05) is 0 Å². The molecule has 66 valence electrons. The van der Waals surface area contributed by atoms with Crippen LogP contribution in [0.4, 0.5) is 0 Å². The van der Waals surface area contributed by atoms with Gasteiger partial charge >= 0.3 is 0 Å². The van der Waals surface area contributed by atoms with Crippen LogP contribution in [-0.4, -0.2) is 14.1 Å². The summed E-state index contributed by atoms with van der Waals surface area (Å²) in [5, 5.41) is 4.48. The van der Waals surface area contributed by atoms with Crippen molar-refractivity contribution in [3.63, 3.8) is 0 Å². The molecule has 4 heteroatoms. The van der Waals surface area contributed by atoms with Crippen LogP contribution in [0.3, 0.4) is 0 Å². The maximum Gasteiger partial charge on any atom is 0.261 e. The quantitative estimate of drug-likeness (QED) is 0.639. The predicted molar refractivity (Wildman–Crippen MR) is 58.9 cm³/mol. The van der Waals surface area contributed by atoms with Crippen molar-refractivity contribution < 1.29 is 0 Å². The topological polar surface area (TPSA) is 0 Å². The lowest BCUT2D eigenvalue weighted by atomic mass is 10.9. The van der Waals surface area contributed by atoms with Crippen molar-refractivity contribution in [1.82, 2.24) is 0 Å². The zero-order valence-corrected chi connectivity index (χ0v) is 10.5. The average molecular weight is 224 g/mol. The second-order valence-electron chi connectivity index (χ2n) is 2.09. The van der Waals surface area contributed by atoms with Crippen LogP contribution in [0.15, 0.2) is 0 Å². The van der Waals surface area contributed by atoms with Crippen molar-refractivity contribution in [2.24, 2.45) is 0 Å². The Bertz CT molecular complexity index is 34.5. The maximum atomic E-state index is 2.32. The highest BCUT2D eigenvalue weighted by Gasteiger charge is 2.05. The van der Waals surface area contributed by atoms with Gasteiger partial charge in [-0.3, -0.25) is 0 Å². The molecule has 0 aliphatic heterocycles. The Balaban J connectivity index is -0.0000000600. The van der Waals surface area contributed by atoms with Crippen molar-refractivity contribution in [2.75, 3.05) is 0 Å². The van der Waals surface area contributed by atoms with Gasteiger partial charge in [-0.05, 0) is 0 Å². The average Bonchev–Trinajstić information content (AvgIpc) is 1.72. The minimum Gasteiger partial charge on any atom is -0.147 e. The summed E-state index contributed by atoms with van der Waals surface area (Å²) in [5.74, 6) is 0. The molecule has 0 rings (SSSR count). The lowest BCUT2D eigenvalue weighted by Crippen LogP contribution is -2.04. The fourth-order valence-corrected chi connectivity index (χ4v) is 2.60. The molecule has 0 unspecified atom stereocenters. The highest BCUT2D eigenvalue weighted by atomic mass is 35.5. The van der Waals surface area contributed by atoms with Crippen molar-refractivity contribution in [2.45, 2.75) is 36.6 Å². The Kier molecular flexibility index (Phi) is 37.8. The van der Waals surface area contributed by atoms with Crippen molar-refractivity contribution in [3.05, 3.63) is 0 Å². The van der Waals surface area contributed by atoms with E-state index in [0.717, 1.165) is 0 Å². The molecular weight excluding hydrogens is 205 g/mol. The van der Waals surface area contributed by atoms with Gasteiger partial charge < -0.3 is 0 Å². The number of rotatable bonds is 3. The van der Waals surface area contributed by atoms with E-state index in [1.165, 1.54) is 15.8 Å². The maximum absolute atomic E-state index is 2.32. The molecule has 0 aromatic heterocycles. The van der Waals surface area contributed by atoms with E-state index in [2.05, 4.69) is 20.8 Å². The molecule has 0 bridgehead atoms. The Morgan fingerprint density at radius 3 is 0.900 bits per heavy atom. The van der Waals surface area contributed by atoms with Gasteiger partial charge in [0, 0.05) is 0 Å². The minimum absolute atomic E-state index is 0. The molecule has 0 saturated carbocycles. The minimum atomic E-state index is -0.171. The zero-order chi connectivity index (χ0) is 5.70. The van der Waals surface area contributed by atoms with Gasteiger partial charge in [0.1, 0.15) is 0 Å². The fraction of sp³-hybridized carbons (Fsp3) is 1.00. The predicted octanol–water partition coefficient (Wildman–Crippen LogP) is 3.81. The summed E-state index contributed by atoms with van der Waals surface area (Å²) < 4.78 is 0. The molecule has 0 spiro atoms. The monoisotopic (exact) mass is 222 g/mol. The molecule has 0 amide bonds. The van der Waals surface area contributed by atoms with Gasteiger partial charge in [-0.25, -0.2) is 0 Å².